The molecule has 0 bridgehead atoms. The van der Waals surface area contributed by atoms with E-state index in [-0.39, 0.29) is 11.8 Å². The van der Waals surface area contributed by atoms with Crippen LogP contribution in [0.4, 0.5) is 0 Å². The molecule has 0 aromatic rings. The minimum absolute atomic E-state index is 0.0659. The van der Waals surface area contributed by atoms with Gasteiger partial charge in [-0.15, -0.1) is 0 Å². The van der Waals surface area contributed by atoms with Crippen LogP contribution in [0.2, 0.25) is 0 Å². The first-order valence-electron chi connectivity index (χ1n) is 6.62. The second-order valence-electron chi connectivity index (χ2n) is 6.45. The summed E-state index contributed by atoms with van der Waals surface area (Å²) in [5.41, 5.74) is 0.455. The van der Waals surface area contributed by atoms with Gasteiger partial charge in [0.1, 0.15) is 9.84 Å². The molecule has 102 valence electrons. The molecule has 2 unspecified atom stereocenters. The molecule has 1 aliphatic rings. The quantitative estimate of drug-likeness (QED) is 0.790. The summed E-state index contributed by atoms with van der Waals surface area (Å²) < 4.78 is 22.4. The van der Waals surface area contributed by atoms with Gasteiger partial charge in [-0.1, -0.05) is 20.3 Å². The van der Waals surface area contributed by atoms with Crippen molar-refractivity contribution in [3.05, 3.63) is 0 Å². The van der Waals surface area contributed by atoms with Crippen LogP contribution in [0.5, 0.6) is 0 Å². The smallest absolute Gasteiger partial charge is 0.148 e. The maximum Gasteiger partial charge on any atom is 0.148 e. The van der Waals surface area contributed by atoms with E-state index in [0.29, 0.717) is 11.5 Å². The number of rotatable bonds is 4. The van der Waals surface area contributed by atoms with Gasteiger partial charge in [0.05, 0.1) is 5.75 Å². The zero-order valence-electron chi connectivity index (χ0n) is 11.6. The molecule has 0 radical (unpaired) electrons. The van der Waals surface area contributed by atoms with E-state index in [9.17, 15) is 8.42 Å². The Balaban J connectivity index is 2.42. The van der Waals surface area contributed by atoms with Crippen LogP contribution in [-0.4, -0.2) is 32.5 Å². The lowest BCUT2D eigenvalue weighted by molar-refractivity contribution is 0.308. The fourth-order valence-electron chi connectivity index (χ4n) is 2.73. The summed E-state index contributed by atoms with van der Waals surface area (Å²) >= 11 is 0. The second kappa shape index (κ2) is 5.70. The van der Waals surface area contributed by atoms with Crippen LogP contribution in [0.1, 0.15) is 52.9 Å². The molecule has 17 heavy (non-hydrogen) atoms. The molecule has 0 heterocycles. The lowest BCUT2D eigenvalue weighted by Crippen LogP contribution is -2.40. The summed E-state index contributed by atoms with van der Waals surface area (Å²) in [5.74, 6) is 0.243. The van der Waals surface area contributed by atoms with Gasteiger partial charge in [0, 0.05) is 18.3 Å². The number of hydrogen-bond donors (Lipinski definition) is 1. The van der Waals surface area contributed by atoms with Crippen LogP contribution in [-0.2, 0) is 9.84 Å². The Kier molecular flexibility index (Phi) is 5.02. The SMILES string of the molecule is CC(CS(C)(=O)=O)NC1CCCC(C)(C)CC1. The van der Waals surface area contributed by atoms with Crippen LogP contribution in [0, 0.1) is 5.41 Å². The molecule has 0 aromatic carbocycles. The summed E-state index contributed by atoms with van der Waals surface area (Å²) in [5, 5.41) is 3.47. The minimum atomic E-state index is -2.87. The van der Waals surface area contributed by atoms with Crippen molar-refractivity contribution in [3.8, 4) is 0 Å². The Morgan fingerprint density at radius 1 is 1.29 bits per heavy atom. The predicted molar refractivity (Wildman–Crippen MR) is 73.0 cm³/mol. The molecule has 3 nitrogen and oxygen atoms in total. The van der Waals surface area contributed by atoms with Crippen molar-refractivity contribution in [3.63, 3.8) is 0 Å². The lowest BCUT2D eigenvalue weighted by atomic mass is 9.85. The number of hydrogen-bond acceptors (Lipinski definition) is 3. The number of nitrogens with one attached hydrogen (secondary N) is 1. The summed E-state index contributed by atoms with van der Waals surface area (Å²) in [7, 11) is -2.87. The van der Waals surface area contributed by atoms with Gasteiger partial charge < -0.3 is 5.32 Å². The molecule has 2 atom stereocenters. The highest BCUT2D eigenvalue weighted by atomic mass is 32.2. The Labute approximate surface area is 106 Å². The normalized spacial score (nSPS) is 27.4. The fourth-order valence-corrected chi connectivity index (χ4v) is 3.74. The van der Waals surface area contributed by atoms with Crippen molar-refractivity contribution >= 4 is 9.84 Å². The molecule has 1 rings (SSSR count). The maximum absolute atomic E-state index is 11.2. The summed E-state index contributed by atoms with van der Waals surface area (Å²) in [6, 6.07) is 0.560. The largest absolute Gasteiger partial charge is 0.310 e. The Hall–Kier alpha value is -0.0900. The van der Waals surface area contributed by atoms with Crippen molar-refractivity contribution in [1.29, 1.82) is 0 Å². The minimum Gasteiger partial charge on any atom is -0.310 e. The Morgan fingerprint density at radius 2 is 1.94 bits per heavy atom. The third kappa shape index (κ3) is 6.41. The zero-order valence-corrected chi connectivity index (χ0v) is 12.4. The molecule has 1 fully saturated rings. The summed E-state index contributed by atoms with van der Waals surface area (Å²) in [4.78, 5) is 0. The van der Waals surface area contributed by atoms with Gasteiger partial charge in [0.15, 0.2) is 0 Å². The first-order chi connectivity index (χ1) is 7.68. The monoisotopic (exact) mass is 261 g/mol. The van der Waals surface area contributed by atoms with Crippen molar-refractivity contribution in [1.82, 2.24) is 5.32 Å². The van der Waals surface area contributed by atoms with Gasteiger partial charge in [-0.3, -0.25) is 0 Å². The standard InChI is InChI=1S/C13H27NO2S/c1-11(10-17(4,15)16)14-12-6-5-8-13(2,3)9-7-12/h11-12,14H,5-10H2,1-4H3. The average molecular weight is 261 g/mol. The van der Waals surface area contributed by atoms with Gasteiger partial charge in [-0.2, -0.15) is 0 Å². The fraction of sp³-hybridized carbons (Fsp3) is 1.00. The van der Waals surface area contributed by atoms with Crippen molar-refractivity contribution in [2.24, 2.45) is 5.41 Å². The van der Waals surface area contributed by atoms with Crippen molar-refractivity contribution in [2.75, 3.05) is 12.0 Å². The van der Waals surface area contributed by atoms with Crippen LogP contribution in [0.15, 0.2) is 0 Å². The number of sulfone groups is 1. The predicted octanol–water partition coefficient (Wildman–Crippen LogP) is 2.37. The van der Waals surface area contributed by atoms with Gasteiger partial charge in [0.25, 0.3) is 0 Å². The van der Waals surface area contributed by atoms with E-state index in [1.54, 1.807) is 0 Å². The van der Waals surface area contributed by atoms with Gasteiger partial charge in [-0.25, -0.2) is 8.42 Å². The van der Waals surface area contributed by atoms with Gasteiger partial charge >= 0.3 is 0 Å². The van der Waals surface area contributed by atoms with E-state index in [0.717, 1.165) is 0 Å². The third-order valence-electron chi connectivity index (χ3n) is 3.65. The molecular formula is C13H27NO2S. The highest BCUT2D eigenvalue weighted by Crippen LogP contribution is 2.33. The van der Waals surface area contributed by atoms with Gasteiger partial charge in [-0.05, 0) is 38.0 Å². The molecule has 4 heteroatoms. The zero-order chi connectivity index (χ0) is 13.1. The lowest BCUT2D eigenvalue weighted by Gasteiger charge is -2.23. The van der Waals surface area contributed by atoms with Crippen LogP contribution >= 0.6 is 0 Å². The molecule has 0 aliphatic heterocycles. The summed E-state index contributed by atoms with van der Waals surface area (Å²) in [6.45, 7) is 6.63. The first-order valence-corrected chi connectivity index (χ1v) is 8.68. The maximum atomic E-state index is 11.2. The highest BCUT2D eigenvalue weighted by molar-refractivity contribution is 7.90. The molecule has 1 N–H and O–H groups in total. The van der Waals surface area contributed by atoms with Crippen molar-refractivity contribution < 1.29 is 8.42 Å². The van der Waals surface area contributed by atoms with Gasteiger partial charge in [0.2, 0.25) is 0 Å². The van der Waals surface area contributed by atoms with E-state index in [2.05, 4.69) is 19.2 Å². The van der Waals surface area contributed by atoms with E-state index in [1.165, 1.54) is 38.4 Å². The van der Waals surface area contributed by atoms with Crippen LogP contribution in [0.3, 0.4) is 0 Å². The van der Waals surface area contributed by atoms with E-state index >= 15 is 0 Å². The average Bonchev–Trinajstić information content (AvgIpc) is 2.24. The van der Waals surface area contributed by atoms with E-state index in [1.807, 2.05) is 6.92 Å². The topological polar surface area (TPSA) is 46.2 Å². The Bertz CT molecular complexity index is 335. The highest BCUT2D eigenvalue weighted by Gasteiger charge is 2.25. The van der Waals surface area contributed by atoms with E-state index < -0.39 is 9.84 Å². The molecule has 0 spiro atoms. The molecule has 1 aliphatic carbocycles. The Morgan fingerprint density at radius 3 is 2.53 bits per heavy atom. The summed E-state index contributed by atoms with van der Waals surface area (Å²) in [6.07, 6.45) is 7.41. The molecular weight excluding hydrogens is 234 g/mol. The molecule has 0 saturated heterocycles. The van der Waals surface area contributed by atoms with Crippen molar-refractivity contribution in [2.45, 2.75) is 65.0 Å². The van der Waals surface area contributed by atoms with Crippen LogP contribution < -0.4 is 5.32 Å². The first kappa shape index (κ1) is 15.0. The molecule has 0 aromatic heterocycles. The third-order valence-corrected chi connectivity index (χ3v) is 4.75. The van der Waals surface area contributed by atoms with E-state index in [4.69, 9.17) is 0 Å². The molecule has 1 saturated carbocycles. The molecule has 0 amide bonds. The van der Waals surface area contributed by atoms with Crippen LogP contribution in [0.25, 0.3) is 0 Å². The second-order valence-corrected chi connectivity index (χ2v) is 8.64.